The van der Waals surface area contributed by atoms with E-state index in [9.17, 15) is 9.90 Å². The van der Waals surface area contributed by atoms with Crippen LogP contribution in [-0.4, -0.2) is 58.4 Å². The SMILES string of the molecule is Cc1cc2nc(CC(=O)c3ccc(C(C)(C)CO)cc3)cc(N3CCOCC3)n2n1. The van der Waals surface area contributed by atoms with Gasteiger partial charge < -0.3 is 14.7 Å². The Bertz CT molecular complexity index is 1050. The van der Waals surface area contributed by atoms with Gasteiger partial charge in [-0.25, -0.2) is 4.98 Å². The van der Waals surface area contributed by atoms with Crippen LogP contribution < -0.4 is 4.90 Å². The van der Waals surface area contributed by atoms with Crippen LogP contribution in [0.25, 0.3) is 5.65 Å². The van der Waals surface area contributed by atoms with Gasteiger partial charge in [0.15, 0.2) is 11.4 Å². The molecule has 2 aromatic heterocycles. The molecule has 0 aliphatic carbocycles. The van der Waals surface area contributed by atoms with Crippen LogP contribution in [0.2, 0.25) is 0 Å². The van der Waals surface area contributed by atoms with Crippen LogP contribution in [0, 0.1) is 6.92 Å². The Morgan fingerprint density at radius 2 is 1.87 bits per heavy atom. The maximum absolute atomic E-state index is 12.9. The number of Topliss-reactive ketones (excluding diaryl/α,β-unsaturated/α-hetero) is 1. The van der Waals surface area contributed by atoms with Gasteiger partial charge in [0.25, 0.3) is 0 Å². The van der Waals surface area contributed by atoms with Crippen molar-refractivity contribution in [2.24, 2.45) is 0 Å². The Balaban J connectivity index is 1.61. The number of benzene rings is 1. The summed E-state index contributed by atoms with van der Waals surface area (Å²) in [4.78, 5) is 19.8. The number of carbonyl (C=O) groups is 1. The number of carbonyl (C=O) groups excluding carboxylic acids is 1. The van der Waals surface area contributed by atoms with Crippen molar-refractivity contribution in [3.05, 3.63) is 58.9 Å². The van der Waals surface area contributed by atoms with Gasteiger partial charge in [0.05, 0.1) is 37.6 Å². The number of aliphatic hydroxyl groups excluding tert-OH is 1. The minimum Gasteiger partial charge on any atom is -0.395 e. The van der Waals surface area contributed by atoms with Crippen molar-refractivity contribution in [1.29, 1.82) is 0 Å². The first-order valence-electron chi connectivity index (χ1n) is 10.3. The lowest BCUT2D eigenvalue weighted by Gasteiger charge is -2.29. The molecule has 1 aromatic carbocycles. The Morgan fingerprint density at radius 3 is 2.53 bits per heavy atom. The van der Waals surface area contributed by atoms with Gasteiger partial charge in [-0.15, -0.1) is 0 Å². The Kier molecular flexibility index (Phi) is 5.58. The molecule has 30 heavy (non-hydrogen) atoms. The monoisotopic (exact) mass is 408 g/mol. The third kappa shape index (κ3) is 4.08. The zero-order chi connectivity index (χ0) is 21.3. The summed E-state index contributed by atoms with van der Waals surface area (Å²) in [7, 11) is 0. The molecule has 0 saturated carbocycles. The predicted molar refractivity (Wildman–Crippen MR) is 115 cm³/mol. The predicted octanol–water partition coefficient (Wildman–Crippen LogP) is 2.57. The summed E-state index contributed by atoms with van der Waals surface area (Å²) < 4.78 is 7.32. The third-order valence-electron chi connectivity index (χ3n) is 5.64. The highest BCUT2D eigenvalue weighted by Gasteiger charge is 2.21. The Morgan fingerprint density at radius 1 is 1.17 bits per heavy atom. The van der Waals surface area contributed by atoms with E-state index < -0.39 is 0 Å². The molecule has 1 aliphatic heterocycles. The first kappa shape index (κ1) is 20.5. The van der Waals surface area contributed by atoms with Crippen molar-refractivity contribution in [3.63, 3.8) is 0 Å². The van der Waals surface area contributed by atoms with Crippen LogP contribution in [0.3, 0.4) is 0 Å². The topological polar surface area (TPSA) is 80.0 Å². The maximum atomic E-state index is 12.9. The van der Waals surface area contributed by atoms with Crippen LogP contribution in [-0.2, 0) is 16.6 Å². The van der Waals surface area contributed by atoms with Gasteiger partial charge in [-0.1, -0.05) is 38.1 Å². The molecule has 3 aromatic rings. The second kappa shape index (κ2) is 8.16. The molecule has 7 nitrogen and oxygen atoms in total. The average Bonchev–Trinajstić information content (AvgIpc) is 3.14. The molecule has 0 atom stereocenters. The van der Waals surface area contributed by atoms with Gasteiger partial charge in [0.2, 0.25) is 0 Å². The Labute approximate surface area is 176 Å². The standard InChI is InChI=1S/C23H28N4O3/c1-16-12-21-24-19(14-22(27(21)25-16)26-8-10-30-11-9-26)13-20(29)17-4-6-18(7-5-17)23(2,3)15-28/h4-7,12,14,28H,8-11,13,15H2,1-3H3. The number of hydrogen-bond donors (Lipinski definition) is 1. The molecule has 0 spiro atoms. The van der Waals surface area contributed by atoms with Crippen molar-refractivity contribution in [3.8, 4) is 0 Å². The maximum Gasteiger partial charge on any atom is 0.168 e. The minimum atomic E-state index is -0.332. The van der Waals surface area contributed by atoms with E-state index >= 15 is 0 Å². The van der Waals surface area contributed by atoms with Crippen LogP contribution >= 0.6 is 0 Å². The van der Waals surface area contributed by atoms with Gasteiger partial charge >= 0.3 is 0 Å². The Hall–Kier alpha value is -2.77. The number of fused-ring (bicyclic) bond motifs is 1. The van der Waals surface area contributed by atoms with E-state index in [1.165, 1.54) is 0 Å². The molecule has 1 saturated heterocycles. The largest absolute Gasteiger partial charge is 0.395 e. The second-order valence-corrected chi connectivity index (χ2v) is 8.48. The summed E-state index contributed by atoms with van der Waals surface area (Å²) in [6.07, 6.45) is 0.223. The zero-order valence-corrected chi connectivity index (χ0v) is 17.8. The summed E-state index contributed by atoms with van der Waals surface area (Å²) >= 11 is 0. The van der Waals surface area contributed by atoms with Crippen molar-refractivity contribution < 1.29 is 14.6 Å². The number of hydrogen-bond acceptors (Lipinski definition) is 6. The van der Waals surface area contributed by atoms with Gasteiger partial charge in [-0.3, -0.25) is 4.79 Å². The van der Waals surface area contributed by atoms with Gasteiger partial charge in [-0.05, 0) is 12.5 Å². The van der Waals surface area contributed by atoms with Crippen molar-refractivity contribution in [2.75, 3.05) is 37.8 Å². The van der Waals surface area contributed by atoms with Crippen LogP contribution in [0.5, 0.6) is 0 Å². The highest BCUT2D eigenvalue weighted by molar-refractivity contribution is 5.97. The smallest absolute Gasteiger partial charge is 0.168 e. The summed E-state index contributed by atoms with van der Waals surface area (Å²) in [5.74, 6) is 0.962. The number of anilines is 1. The molecule has 0 unspecified atom stereocenters. The molecule has 4 rings (SSSR count). The van der Waals surface area contributed by atoms with Crippen LogP contribution in [0.1, 0.15) is 41.2 Å². The molecule has 3 heterocycles. The number of ketones is 1. The molecule has 0 amide bonds. The van der Waals surface area contributed by atoms with E-state index in [2.05, 4.69) is 15.0 Å². The van der Waals surface area contributed by atoms with Crippen molar-refractivity contribution in [1.82, 2.24) is 14.6 Å². The summed E-state index contributed by atoms with van der Waals surface area (Å²) in [5.41, 5.74) is 3.69. The molecule has 0 radical (unpaired) electrons. The highest BCUT2D eigenvalue weighted by atomic mass is 16.5. The van der Waals surface area contributed by atoms with Crippen LogP contribution in [0.15, 0.2) is 36.4 Å². The zero-order valence-electron chi connectivity index (χ0n) is 17.8. The lowest BCUT2D eigenvalue weighted by atomic mass is 9.85. The first-order chi connectivity index (χ1) is 14.4. The van der Waals surface area contributed by atoms with Gasteiger partial charge in [0, 0.05) is 36.2 Å². The molecule has 1 N–H and O–H groups in total. The van der Waals surface area contributed by atoms with Gasteiger partial charge in [-0.2, -0.15) is 9.61 Å². The van der Waals surface area contributed by atoms with Gasteiger partial charge in [0.1, 0.15) is 5.82 Å². The van der Waals surface area contributed by atoms with E-state index in [4.69, 9.17) is 4.74 Å². The number of aryl methyl sites for hydroxylation is 1. The summed E-state index contributed by atoms with van der Waals surface area (Å²) in [6.45, 7) is 8.87. The number of aromatic nitrogens is 3. The van der Waals surface area contributed by atoms with E-state index in [0.717, 1.165) is 41.5 Å². The molecule has 0 bridgehead atoms. The summed E-state index contributed by atoms with van der Waals surface area (Å²) in [5, 5.41) is 14.1. The fourth-order valence-corrected chi connectivity index (χ4v) is 3.70. The molecule has 158 valence electrons. The van der Waals surface area contributed by atoms with Crippen LogP contribution in [0.4, 0.5) is 5.82 Å². The lowest BCUT2D eigenvalue weighted by Crippen LogP contribution is -2.37. The lowest BCUT2D eigenvalue weighted by molar-refractivity contribution is 0.0992. The molecule has 7 heteroatoms. The molecule has 1 aliphatic rings. The van der Waals surface area contributed by atoms with E-state index in [1.807, 2.05) is 61.7 Å². The fourth-order valence-electron chi connectivity index (χ4n) is 3.70. The fraction of sp³-hybridized carbons (Fsp3) is 0.435. The number of aliphatic hydroxyl groups is 1. The van der Waals surface area contributed by atoms with Crippen molar-refractivity contribution in [2.45, 2.75) is 32.6 Å². The van der Waals surface area contributed by atoms with E-state index in [0.29, 0.717) is 18.8 Å². The number of nitrogens with zero attached hydrogens (tertiary/aromatic N) is 4. The molecule has 1 fully saturated rings. The normalized spacial score (nSPS) is 15.0. The highest BCUT2D eigenvalue weighted by Crippen LogP contribution is 2.24. The summed E-state index contributed by atoms with van der Waals surface area (Å²) in [6, 6.07) is 11.4. The second-order valence-electron chi connectivity index (χ2n) is 8.48. The van der Waals surface area contributed by atoms with E-state index in [-0.39, 0.29) is 24.2 Å². The average molecular weight is 409 g/mol. The molecular weight excluding hydrogens is 380 g/mol. The van der Waals surface area contributed by atoms with E-state index in [1.54, 1.807) is 0 Å². The molecular formula is C23H28N4O3. The number of ether oxygens (including phenoxy) is 1. The van der Waals surface area contributed by atoms with Crippen molar-refractivity contribution >= 4 is 17.2 Å². The quantitative estimate of drug-likeness (QED) is 0.632. The number of rotatable bonds is 6. The number of morpholine rings is 1. The minimum absolute atomic E-state index is 0.0179. The first-order valence-corrected chi connectivity index (χ1v) is 10.3. The third-order valence-corrected chi connectivity index (χ3v) is 5.64.